The Morgan fingerprint density at radius 3 is 2.58 bits per heavy atom. The van der Waals surface area contributed by atoms with Gasteiger partial charge in [0.25, 0.3) is 0 Å². The molecule has 0 aromatic carbocycles. The fraction of sp³-hybridized carbons (Fsp3) is 0.474. The Balaban J connectivity index is 2.05. The minimum Gasteiger partial charge on any atom is -0.352 e. The summed E-state index contributed by atoms with van der Waals surface area (Å²) in [5.74, 6) is 0.539. The van der Waals surface area contributed by atoms with E-state index in [9.17, 15) is 0 Å². The predicted molar refractivity (Wildman–Crippen MR) is 102 cm³/mol. The molecule has 2 atom stereocenters. The summed E-state index contributed by atoms with van der Waals surface area (Å²) in [5.41, 5.74) is 2.32. The van der Waals surface area contributed by atoms with Crippen molar-refractivity contribution in [1.82, 2.24) is 19.8 Å². The highest BCUT2D eigenvalue weighted by atomic mass is 32.1. The SMILES string of the molecule is CC(C)CN1C(=S)NC(c2ccccn2)C1c1cccn1C(C)C. The first-order valence-electron chi connectivity index (χ1n) is 8.63. The van der Waals surface area contributed by atoms with E-state index in [4.69, 9.17) is 12.2 Å². The summed E-state index contributed by atoms with van der Waals surface area (Å²) in [4.78, 5) is 6.91. The van der Waals surface area contributed by atoms with E-state index < -0.39 is 0 Å². The van der Waals surface area contributed by atoms with Gasteiger partial charge in [-0.05, 0) is 56.2 Å². The lowest BCUT2D eigenvalue weighted by Crippen LogP contribution is -2.33. The maximum absolute atomic E-state index is 5.67. The van der Waals surface area contributed by atoms with Crippen LogP contribution >= 0.6 is 12.2 Å². The van der Waals surface area contributed by atoms with Gasteiger partial charge in [0.05, 0.1) is 17.8 Å². The Labute approximate surface area is 149 Å². The molecule has 3 heterocycles. The molecule has 0 aliphatic carbocycles. The third kappa shape index (κ3) is 3.18. The number of hydrogen-bond acceptors (Lipinski definition) is 2. The van der Waals surface area contributed by atoms with Crippen molar-refractivity contribution in [2.24, 2.45) is 5.92 Å². The molecule has 0 bridgehead atoms. The Kier molecular flexibility index (Phi) is 4.90. The molecule has 1 fully saturated rings. The van der Waals surface area contributed by atoms with Crippen LogP contribution in [0.4, 0.5) is 0 Å². The minimum absolute atomic E-state index is 0.0739. The molecule has 0 amide bonds. The highest BCUT2D eigenvalue weighted by molar-refractivity contribution is 7.80. The van der Waals surface area contributed by atoms with Crippen LogP contribution in [0, 0.1) is 5.92 Å². The minimum atomic E-state index is 0.0739. The van der Waals surface area contributed by atoms with Crippen molar-refractivity contribution >= 4 is 17.3 Å². The largest absolute Gasteiger partial charge is 0.352 e. The second kappa shape index (κ2) is 6.93. The smallest absolute Gasteiger partial charge is 0.170 e. The summed E-state index contributed by atoms with van der Waals surface area (Å²) in [6.07, 6.45) is 4.01. The highest BCUT2D eigenvalue weighted by Gasteiger charge is 2.41. The molecule has 128 valence electrons. The van der Waals surface area contributed by atoms with E-state index >= 15 is 0 Å². The van der Waals surface area contributed by atoms with Crippen molar-refractivity contribution in [1.29, 1.82) is 0 Å². The average molecular weight is 343 g/mol. The number of rotatable bonds is 5. The average Bonchev–Trinajstić information content (AvgIpc) is 3.13. The van der Waals surface area contributed by atoms with Crippen LogP contribution in [0.5, 0.6) is 0 Å². The highest BCUT2D eigenvalue weighted by Crippen LogP contribution is 2.39. The number of nitrogens with zero attached hydrogens (tertiary/aromatic N) is 3. The van der Waals surface area contributed by atoms with Crippen LogP contribution in [0.1, 0.15) is 57.2 Å². The molecule has 0 saturated carbocycles. The summed E-state index contributed by atoms with van der Waals surface area (Å²) in [6.45, 7) is 9.83. The second-order valence-electron chi connectivity index (χ2n) is 7.11. The molecule has 2 aromatic rings. The Bertz CT molecular complexity index is 692. The van der Waals surface area contributed by atoms with Gasteiger partial charge in [-0.3, -0.25) is 4.98 Å². The van der Waals surface area contributed by atoms with Gasteiger partial charge < -0.3 is 14.8 Å². The van der Waals surface area contributed by atoms with E-state index in [1.54, 1.807) is 0 Å². The van der Waals surface area contributed by atoms with Crippen LogP contribution in [-0.4, -0.2) is 26.1 Å². The van der Waals surface area contributed by atoms with Crippen molar-refractivity contribution in [2.75, 3.05) is 6.54 Å². The second-order valence-corrected chi connectivity index (χ2v) is 7.49. The Morgan fingerprint density at radius 2 is 1.96 bits per heavy atom. The van der Waals surface area contributed by atoms with Crippen molar-refractivity contribution in [3.05, 3.63) is 54.1 Å². The number of thiocarbonyl (C=S) groups is 1. The van der Waals surface area contributed by atoms with Crippen LogP contribution in [-0.2, 0) is 0 Å². The normalized spacial score (nSPS) is 20.9. The van der Waals surface area contributed by atoms with E-state index in [2.05, 4.69) is 71.9 Å². The van der Waals surface area contributed by atoms with E-state index in [1.165, 1.54) is 5.69 Å². The summed E-state index contributed by atoms with van der Waals surface area (Å²) in [7, 11) is 0. The van der Waals surface area contributed by atoms with Gasteiger partial charge >= 0.3 is 0 Å². The number of aromatic nitrogens is 2. The van der Waals surface area contributed by atoms with Gasteiger partial charge in [0.1, 0.15) is 0 Å². The zero-order valence-electron chi connectivity index (χ0n) is 14.8. The van der Waals surface area contributed by atoms with Crippen LogP contribution in [0.25, 0.3) is 0 Å². The zero-order valence-corrected chi connectivity index (χ0v) is 15.6. The summed E-state index contributed by atoms with van der Waals surface area (Å²) in [5, 5.41) is 4.33. The Hall–Kier alpha value is -1.88. The molecule has 1 aliphatic rings. The summed E-state index contributed by atoms with van der Waals surface area (Å²) < 4.78 is 2.34. The predicted octanol–water partition coefficient (Wildman–Crippen LogP) is 4.09. The van der Waals surface area contributed by atoms with E-state index in [-0.39, 0.29) is 12.1 Å². The fourth-order valence-corrected chi connectivity index (χ4v) is 3.76. The summed E-state index contributed by atoms with van der Waals surface area (Å²) in [6, 6.07) is 11.1. The molecule has 3 rings (SSSR count). The van der Waals surface area contributed by atoms with Gasteiger partial charge in [-0.1, -0.05) is 19.9 Å². The van der Waals surface area contributed by atoms with Gasteiger partial charge in [0.2, 0.25) is 0 Å². The topological polar surface area (TPSA) is 33.1 Å². The standard InChI is InChI=1S/C19H26N4S/c1-13(2)12-23-18(16-9-7-11-22(16)14(3)4)17(21-19(23)24)15-8-5-6-10-20-15/h5-11,13-14,17-18H,12H2,1-4H3,(H,21,24). The molecule has 1 saturated heterocycles. The maximum Gasteiger partial charge on any atom is 0.170 e. The molecule has 5 heteroatoms. The van der Waals surface area contributed by atoms with Crippen molar-refractivity contribution < 1.29 is 0 Å². The number of nitrogens with one attached hydrogen (secondary N) is 1. The first-order valence-corrected chi connectivity index (χ1v) is 9.04. The Morgan fingerprint density at radius 1 is 1.17 bits per heavy atom. The van der Waals surface area contributed by atoms with Crippen molar-refractivity contribution in [2.45, 2.75) is 45.8 Å². The van der Waals surface area contributed by atoms with Crippen molar-refractivity contribution in [3.63, 3.8) is 0 Å². The molecule has 1 N–H and O–H groups in total. The molecular formula is C19H26N4S. The lowest BCUT2D eigenvalue weighted by atomic mass is 10.0. The van der Waals surface area contributed by atoms with Gasteiger partial charge in [0, 0.05) is 30.7 Å². The molecular weight excluding hydrogens is 316 g/mol. The molecule has 1 aliphatic heterocycles. The first kappa shape index (κ1) is 17.0. The monoisotopic (exact) mass is 342 g/mol. The van der Waals surface area contributed by atoms with E-state index in [1.807, 2.05) is 18.3 Å². The fourth-order valence-electron chi connectivity index (χ4n) is 3.45. The van der Waals surface area contributed by atoms with Crippen LogP contribution in [0.2, 0.25) is 0 Å². The maximum atomic E-state index is 5.67. The van der Waals surface area contributed by atoms with Gasteiger partial charge in [-0.25, -0.2) is 0 Å². The van der Waals surface area contributed by atoms with Crippen LogP contribution < -0.4 is 5.32 Å². The molecule has 2 aromatic heterocycles. The van der Waals surface area contributed by atoms with Gasteiger partial charge in [-0.2, -0.15) is 0 Å². The molecule has 24 heavy (non-hydrogen) atoms. The number of pyridine rings is 1. The zero-order chi connectivity index (χ0) is 17.3. The quantitative estimate of drug-likeness (QED) is 0.830. The van der Waals surface area contributed by atoms with Crippen LogP contribution in [0.3, 0.4) is 0 Å². The third-order valence-electron chi connectivity index (χ3n) is 4.43. The summed E-state index contributed by atoms with van der Waals surface area (Å²) >= 11 is 5.67. The lowest BCUT2D eigenvalue weighted by molar-refractivity contribution is 0.274. The molecule has 0 spiro atoms. The van der Waals surface area contributed by atoms with Gasteiger partial charge in [0.15, 0.2) is 5.11 Å². The first-order chi connectivity index (χ1) is 11.5. The molecule has 0 radical (unpaired) electrons. The van der Waals surface area contributed by atoms with Crippen LogP contribution in [0.15, 0.2) is 42.7 Å². The molecule has 2 unspecified atom stereocenters. The van der Waals surface area contributed by atoms with E-state index in [0.29, 0.717) is 12.0 Å². The molecule has 4 nitrogen and oxygen atoms in total. The third-order valence-corrected chi connectivity index (χ3v) is 4.78. The van der Waals surface area contributed by atoms with Crippen molar-refractivity contribution in [3.8, 4) is 0 Å². The lowest BCUT2D eigenvalue weighted by Gasteiger charge is -2.30. The van der Waals surface area contributed by atoms with Gasteiger partial charge in [-0.15, -0.1) is 0 Å². The van der Waals surface area contributed by atoms with E-state index in [0.717, 1.165) is 17.4 Å². The number of hydrogen-bond donors (Lipinski definition) is 1.